The van der Waals surface area contributed by atoms with E-state index in [1.165, 1.54) is 16.7 Å². The van der Waals surface area contributed by atoms with Crippen LogP contribution in [-0.2, 0) is 6.42 Å². The highest BCUT2D eigenvalue weighted by Gasteiger charge is 2.16. The molecule has 0 saturated carbocycles. The summed E-state index contributed by atoms with van der Waals surface area (Å²) in [5.74, 6) is 0.918. The van der Waals surface area contributed by atoms with Crippen molar-refractivity contribution in [1.29, 1.82) is 0 Å². The number of nitrogens with zero attached hydrogens (tertiary/aromatic N) is 1. The SMILES string of the molecule is COc1ccc2c(c1)/C(=C/c1cnc[nH]1)CC2. The van der Waals surface area contributed by atoms with E-state index in [9.17, 15) is 0 Å². The summed E-state index contributed by atoms with van der Waals surface area (Å²) in [6.45, 7) is 0. The molecule has 0 fully saturated rings. The average molecular weight is 226 g/mol. The van der Waals surface area contributed by atoms with Crippen molar-refractivity contribution >= 4 is 11.6 Å². The summed E-state index contributed by atoms with van der Waals surface area (Å²) >= 11 is 0. The van der Waals surface area contributed by atoms with E-state index in [0.717, 1.165) is 24.3 Å². The number of allylic oxidation sites excluding steroid dienone is 1. The van der Waals surface area contributed by atoms with Gasteiger partial charge in [0, 0.05) is 0 Å². The maximum atomic E-state index is 5.28. The molecule has 2 aromatic rings. The quantitative estimate of drug-likeness (QED) is 0.855. The Labute approximate surface area is 100 Å². The number of aromatic amines is 1. The summed E-state index contributed by atoms with van der Waals surface area (Å²) in [6, 6.07) is 6.30. The molecule has 0 aliphatic heterocycles. The lowest BCUT2D eigenvalue weighted by atomic mass is 10.1. The van der Waals surface area contributed by atoms with Gasteiger partial charge in [-0.05, 0) is 47.8 Å². The molecule has 0 saturated heterocycles. The number of nitrogens with one attached hydrogen (secondary N) is 1. The molecule has 1 aromatic heterocycles. The highest BCUT2D eigenvalue weighted by atomic mass is 16.5. The largest absolute Gasteiger partial charge is 0.497 e. The zero-order valence-electron chi connectivity index (χ0n) is 9.73. The number of hydrogen-bond acceptors (Lipinski definition) is 2. The Hall–Kier alpha value is -2.03. The fourth-order valence-electron chi connectivity index (χ4n) is 2.29. The Balaban J connectivity index is 2.02. The number of methoxy groups -OCH3 is 1. The Bertz CT molecular complexity index is 556. The second kappa shape index (κ2) is 4.09. The first-order valence-electron chi connectivity index (χ1n) is 5.73. The van der Waals surface area contributed by atoms with Crippen molar-refractivity contribution in [2.24, 2.45) is 0 Å². The second-order valence-electron chi connectivity index (χ2n) is 4.20. The lowest BCUT2D eigenvalue weighted by molar-refractivity contribution is 0.414. The molecule has 1 aliphatic rings. The number of H-pyrrole nitrogens is 1. The van der Waals surface area contributed by atoms with Crippen molar-refractivity contribution in [3.63, 3.8) is 0 Å². The maximum absolute atomic E-state index is 5.28. The van der Waals surface area contributed by atoms with E-state index in [4.69, 9.17) is 4.74 Å². The third-order valence-corrected chi connectivity index (χ3v) is 3.18. The van der Waals surface area contributed by atoms with Gasteiger partial charge in [0.1, 0.15) is 5.75 Å². The van der Waals surface area contributed by atoms with Crippen LogP contribution in [0.5, 0.6) is 5.75 Å². The Morgan fingerprint density at radius 1 is 1.35 bits per heavy atom. The van der Waals surface area contributed by atoms with E-state index in [1.54, 1.807) is 13.4 Å². The Kier molecular flexibility index (Phi) is 2.44. The summed E-state index contributed by atoms with van der Waals surface area (Å²) < 4.78 is 5.28. The zero-order valence-corrected chi connectivity index (χ0v) is 9.73. The number of rotatable bonds is 2. The Morgan fingerprint density at radius 3 is 3.06 bits per heavy atom. The molecule has 1 aliphatic carbocycles. The molecular formula is C14H14N2O. The predicted octanol–water partition coefficient (Wildman–Crippen LogP) is 2.91. The van der Waals surface area contributed by atoms with Gasteiger partial charge >= 0.3 is 0 Å². The van der Waals surface area contributed by atoms with Crippen molar-refractivity contribution in [3.05, 3.63) is 47.5 Å². The van der Waals surface area contributed by atoms with E-state index >= 15 is 0 Å². The maximum Gasteiger partial charge on any atom is 0.119 e. The van der Waals surface area contributed by atoms with E-state index in [2.05, 4.69) is 28.2 Å². The number of hydrogen-bond donors (Lipinski definition) is 1. The second-order valence-corrected chi connectivity index (χ2v) is 4.20. The third kappa shape index (κ3) is 1.84. The van der Waals surface area contributed by atoms with Gasteiger partial charge in [0.25, 0.3) is 0 Å². The number of benzene rings is 1. The molecule has 0 spiro atoms. The number of fused-ring (bicyclic) bond motifs is 1. The molecule has 1 N–H and O–H groups in total. The molecule has 1 aromatic carbocycles. The molecule has 0 atom stereocenters. The van der Waals surface area contributed by atoms with Crippen molar-refractivity contribution in [1.82, 2.24) is 9.97 Å². The van der Waals surface area contributed by atoms with Gasteiger partial charge in [-0.1, -0.05) is 6.07 Å². The Morgan fingerprint density at radius 2 is 2.29 bits per heavy atom. The molecule has 1 heterocycles. The molecule has 0 bridgehead atoms. The van der Waals surface area contributed by atoms with Crippen molar-refractivity contribution in [2.75, 3.05) is 7.11 Å². The van der Waals surface area contributed by atoms with E-state index in [0.29, 0.717) is 0 Å². The average Bonchev–Trinajstić information content (AvgIpc) is 2.99. The van der Waals surface area contributed by atoms with Gasteiger partial charge in [-0.15, -0.1) is 0 Å². The van der Waals surface area contributed by atoms with Crippen LogP contribution >= 0.6 is 0 Å². The van der Waals surface area contributed by atoms with E-state index in [1.807, 2.05) is 12.3 Å². The van der Waals surface area contributed by atoms with Gasteiger partial charge in [-0.2, -0.15) is 0 Å². The van der Waals surface area contributed by atoms with Crippen LogP contribution < -0.4 is 4.74 Å². The third-order valence-electron chi connectivity index (χ3n) is 3.18. The smallest absolute Gasteiger partial charge is 0.119 e. The highest BCUT2D eigenvalue weighted by molar-refractivity contribution is 5.85. The number of ether oxygens (including phenoxy) is 1. The fraction of sp³-hybridized carbons (Fsp3) is 0.214. The molecule has 3 nitrogen and oxygen atoms in total. The van der Waals surface area contributed by atoms with E-state index in [-0.39, 0.29) is 0 Å². The molecule has 3 rings (SSSR count). The molecule has 0 unspecified atom stereocenters. The van der Waals surface area contributed by atoms with E-state index < -0.39 is 0 Å². The van der Waals surface area contributed by atoms with Crippen LogP contribution in [0.15, 0.2) is 30.7 Å². The predicted molar refractivity (Wildman–Crippen MR) is 67.8 cm³/mol. The van der Waals surface area contributed by atoms with Gasteiger partial charge in [0.2, 0.25) is 0 Å². The van der Waals surface area contributed by atoms with Crippen LogP contribution in [0.4, 0.5) is 0 Å². The lowest BCUT2D eigenvalue weighted by Crippen LogP contribution is -1.86. The van der Waals surface area contributed by atoms with Crippen molar-refractivity contribution < 1.29 is 4.74 Å². The summed E-state index contributed by atoms with van der Waals surface area (Å²) in [5.41, 5.74) is 5.11. The molecule has 0 radical (unpaired) electrons. The minimum absolute atomic E-state index is 0.918. The first-order chi connectivity index (χ1) is 8.36. The fourth-order valence-corrected chi connectivity index (χ4v) is 2.29. The standard InChI is InChI=1S/C14H14N2O/c1-17-13-5-4-10-2-3-11(14(10)7-13)6-12-8-15-9-16-12/h4-9H,2-3H2,1H3,(H,15,16)/b11-6+. The normalized spacial score (nSPS) is 16.2. The van der Waals surface area contributed by atoms with Crippen LogP contribution in [0.2, 0.25) is 0 Å². The van der Waals surface area contributed by atoms with Gasteiger partial charge < -0.3 is 9.72 Å². The number of aryl methyl sites for hydroxylation is 1. The zero-order chi connectivity index (χ0) is 11.7. The monoisotopic (exact) mass is 226 g/mol. The molecule has 86 valence electrons. The topological polar surface area (TPSA) is 37.9 Å². The van der Waals surface area contributed by atoms with Gasteiger partial charge in [-0.25, -0.2) is 4.98 Å². The van der Waals surface area contributed by atoms with Crippen LogP contribution in [0.25, 0.3) is 11.6 Å². The van der Waals surface area contributed by atoms with Gasteiger partial charge in [0.15, 0.2) is 0 Å². The number of aromatic nitrogens is 2. The molecule has 0 amide bonds. The summed E-state index contributed by atoms with van der Waals surface area (Å²) in [4.78, 5) is 7.13. The molecule has 3 heteroatoms. The van der Waals surface area contributed by atoms with Gasteiger partial charge in [0.05, 0.1) is 25.3 Å². The minimum atomic E-state index is 0.918. The van der Waals surface area contributed by atoms with Crippen LogP contribution in [0.1, 0.15) is 23.2 Å². The summed E-state index contributed by atoms with van der Waals surface area (Å²) in [7, 11) is 1.70. The lowest BCUT2D eigenvalue weighted by Gasteiger charge is -2.04. The minimum Gasteiger partial charge on any atom is -0.497 e. The van der Waals surface area contributed by atoms with Gasteiger partial charge in [-0.3, -0.25) is 0 Å². The first kappa shape index (κ1) is 10.1. The molecule has 17 heavy (non-hydrogen) atoms. The van der Waals surface area contributed by atoms with Crippen molar-refractivity contribution in [3.8, 4) is 5.75 Å². The summed E-state index contributed by atoms with van der Waals surface area (Å²) in [5, 5.41) is 0. The summed E-state index contributed by atoms with van der Waals surface area (Å²) in [6.07, 6.45) is 7.90. The van der Waals surface area contributed by atoms with Crippen LogP contribution in [0.3, 0.4) is 0 Å². The van der Waals surface area contributed by atoms with Crippen LogP contribution in [0, 0.1) is 0 Å². The van der Waals surface area contributed by atoms with Crippen LogP contribution in [-0.4, -0.2) is 17.1 Å². The first-order valence-corrected chi connectivity index (χ1v) is 5.73. The van der Waals surface area contributed by atoms with Crippen molar-refractivity contribution in [2.45, 2.75) is 12.8 Å². The molecular weight excluding hydrogens is 212 g/mol. The number of imidazole rings is 1. The highest BCUT2D eigenvalue weighted by Crippen LogP contribution is 2.35.